The molecule has 5 heteroatoms. The van der Waals surface area contributed by atoms with E-state index >= 15 is 0 Å². The molecule has 100 valence electrons. The number of halogens is 3. The maximum absolute atomic E-state index is 12.8. The summed E-state index contributed by atoms with van der Waals surface area (Å²) >= 11 is 0. The molecule has 1 aliphatic rings. The molecule has 1 fully saturated rings. The van der Waals surface area contributed by atoms with E-state index in [1.807, 2.05) is 0 Å². The molecule has 18 heavy (non-hydrogen) atoms. The molecule has 0 heterocycles. The topological polar surface area (TPSA) is 29.5 Å². The van der Waals surface area contributed by atoms with Crippen LogP contribution in [0.4, 0.5) is 13.2 Å². The molecule has 0 spiro atoms. The van der Waals surface area contributed by atoms with Gasteiger partial charge >= 0.3 is 6.18 Å². The molecule has 1 aromatic rings. The van der Waals surface area contributed by atoms with E-state index in [1.54, 1.807) is 13.8 Å². The quantitative estimate of drug-likeness (QED) is 0.884. The average molecular weight is 260 g/mol. The monoisotopic (exact) mass is 260 g/mol. The fraction of sp³-hybridized carbons (Fsp3) is 0.538. The van der Waals surface area contributed by atoms with Crippen LogP contribution in [-0.4, -0.2) is 17.3 Å². The van der Waals surface area contributed by atoms with Gasteiger partial charge in [0.05, 0.1) is 11.7 Å². The number of ether oxygens (including phenoxy) is 1. The van der Waals surface area contributed by atoms with Gasteiger partial charge in [0.15, 0.2) is 0 Å². The Morgan fingerprint density at radius 3 is 2.39 bits per heavy atom. The van der Waals surface area contributed by atoms with Gasteiger partial charge in [-0.15, -0.1) is 0 Å². The molecule has 2 nitrogen and oxygen atoms in total. The first-order valence-electron chi connectivity index (χ1n) is 5.74. The molecule has 0 amide bonds. The zero-order chi connectivity index (χ0) is 13.6. The van der Waals surface area contributed by atoms with Crippen molar-refractivity contribution in [3.8, 4) is 5.75 Å². The number of benzene rings is 1. The number of hydrogen-bond donors (Lipinski definition) is 1. The Kier molecular flexibility index (Phi) is 3.05. The summed E-state index contributed by atoms with van der Waals surface area (Å²) < 4.78 is 43.7. The van der Waals surface area contributed by atoms with Gasteiger partial charge in [-0.2, -0.15) is 13.2 Å². The number of hydrogen-bond acceptors (Lipinski definition) is 2. The zero-order valence-corrected chi connectivity index (χ0v) is 10.2. The van der Waals surface area contributed by atoms with Crippen LogP contribution in [0.2, 0.25) is 0 Å². The fourth-order valence-electron chi connectivity index (χ4n) is 2.02. The van der Waals surface area contributed by atoms with Gasteiger partial charge in [-0.05, 0) is 12.1 Å². The van der Waals surface area contributed by atoms with E-state index in [1.165, 1.54) is 18.2 Å². The molecule has 0 saturated heterocycles. The Morgan fingerprint density at radius 2 is 1.89 bits per heavy atom. The highest BCUT2D eigenvalue weighted by Gasteiger charge is 2.49. The Bertz CT molecular complexity index is 440. The lowest BCUT2D eigenvalue weighted by Crippen LogP contribution is -2.56. The molecule has 0 radical (unpaired) electrons. The predicted octanol–water partition coefficient (Wildman–Crippen LogP) is 3.24. The maximum atomic E-state index is 12.8. The average Bonchev–Trinajstić information content (AvgIpc) is 2.28. The van der Waals surface area contributed by atoms with Crippen LogP contribution in [0.15, 0.2) is 24.3 Å². The van der Waals surface area contributed by atoms with Crippen molar-refractivity contribution in [3.63, 3.8) is 0 Å². The summed E-state index contributed by atoms with van der Waals surface area (Å²) in [6.07, 6.45) is -4.99. The Morgan fingerprint density at radius 1 is 1.28 bits per heavy atom. The SMILES string of the molecule is CC1(C)C(O)CC1Oc1ccccc1C(F)(F)F. The van der Waals surface area contributed by atoms with Crippen molar-refractivity contribution in [2.24, 2.45) is 5.41 Å². The molecular weight excluding hydrogens is 245 g/mol. The van der Waals surface area contributed by atoms with Crippen LogP contribution in [0.5, 0.6) is 5.75 Å². The number of aliphatic hydroxyl groups excluding tert-OH is 1. The Hall–Kier alpha value is -1.23. The van der Waals surface area contributed by atoms with Gasteiger partial charge in [0.25, 0.3) is 0 Å². The van der Waals surface area contributed by atoms with Gasteiger partial charge in [-0.1, -0.05) is 26.0 Å². The Balaban J connectivity index is 2.21. The van der Waals surface area contributed by atoms with Crippen LogP contribution in [0.1, 0.15) is 25.8 Å². The van der Waals surface area contributed by atoms with Crippen molar-refractivity contribution in [2.75, 3.05) is 0 Å². The van der Waals surface area contributed by atoms with Crippen LogP contribution in [-0.2, 0) is 6.18 Å². The van der Waals surface area contributed by atoms with E-state index in [0.717, 1.165) is 6.07 Å². The smallest absolute Gasteiger partial charge is 0.419 e. The predicted molar refractivity (Wildman–Crippen MR) is 60.3 cm³/mol. The lowest BCUT2D eigenvalue weighted by Gasteiger charge is -2.48. The summed E-state index contributed by atoms with van der Waals surface area (Å²) in [7, 11) is 0. The first-order chi connectivity index (χ1) is 8.23. The Labute approximate surface area is 103 Å². The van der Waals surface area contributed by atoms with Crippen molar-refractivity contribution in [3.05, 3.63) is 29.8 Å². The molecule has 1 aliphatic carbocycles. The third kappa shape index (κ3) is 2.19. The van der Waals surface area contributed by atoms with Gasteiger partial charge in [0.2, 0.25) is 0 Å². The normalized spacial score (nSPS) is 26.6. The first-order valence-corrected chi connectivity index (χ1v) is 5.74. The molecule has 1 aromatic carbocycles. The van der Waals surface area contributed by atoms with Crippen LogP contribution < -0.4 is 4.74 Å². The summed E-state index contributed by atoms with van der Waals surface area (Å²) in [4.78, 5) is 0. The molecule has 0 bridgehead atoms. The minimum atomic E-state index is -4.43. The molecule has 2 atom stereocenters. The van der Waals surface area contributed by atoms with E-state index in [-0.39, 0.29) is 5.75 Å². The lowest BCUT2D eigenvalue weighted by molar-refractivity contribution is -0.150. The summed E-state index contributed by atoms with van der Waals surface area (Å²) in [5.74, 6) is -0.171. The lowest BCUT2D eigenvalue weighted by atomic mass is 9.66. The van der Waals surface area contributed by atoms with Crippen molar-refractivity contribution >= 4 is 0 Å². The van der Waals surface area contributed by atoms with Crippen molar-refractivity contribution in [2.45, 2.75) is 38.7 Å². The zero-order valence-electron chi connectivity index (χ0n) is 10.2. The van der Waals surface area contributed by atoms with E-state index < -0.39 is 29.4 Å². The number of para-hydroxylation sites is 1. The molecule has 1 saturated carbocycles. The van der Waals surface area contributed by atoms with E-state index in [2.05, 4.69) is 0 Å². The van der Waals surface area contributed by atoms with Crippen molar-refractivity contribution in [1.82, 2.24) is 0 Å². The van der Waals surface area contributed by atoms with Gasteiger partial charge in [-0.25, -0.2) is 0 Å². The van der Waals surface area contributed by atoms with E-state index in [4.69, 9.17) is 4.74 Å². The highest BCUT2D eigenvalue weighted by atomic mass is 19.4. The third-order valence-corrected chi connectivity index (χ3v) is 3.59. The number of rotatable bonds is 2. The van der Waals surface area contributed by atoms with E-state index in [9.17, 15) is 18.3 Å². The van der Waals surface area contributed by atoms with Crippen molar-refractivity contribution in [1.29, 1.82) is 0 Å². The first kappa shape index (κ1) is 13.2. The van der Waals surface area contributed by atoms with Gasteiger partial charge < -0.3 is 9.84 Å². The van der Waals surface area contributed by atoms with Crippen LogP contribution >= 0.6 is 0 Å². The summed E-state index contributed by atoms with van der Waals surface area (Å²) in [5, 5.41) is 9.55. The molecule has 0 aliphatic heterocycles. The molecule has 1 N–H and O–H groups in total. The summed E-state index contributed by atoms with van der Waals surface area (Å²) in [6, 6.07) is 5.14. The second-order valence-electron chi connectivity index (χ2n) is 5.17. The third-order valence-electron chi connectivity index (χ3n) is 3.59. The molecule has 2 rings (SSSR count). The number of alkyl halides is 3. The van der Waals surface area contributed by atoms with E-state index in [0.29, 0.717) is 6.42 Å². The van der Waals surface area contributed by atoms with Crippen LogP contribution in [0.25, 0.3) is 0 Å². The maximum Gasteiger partial charge on any atom is 0.419 e. The highest BCUT2D eigenvalue weighted by molar-refractivity contribution is 5.36. The van der Waals surface area contributed by atoms with Gasteiger partial charge in [0, 0.05) is 11.8 Å². The largest absolute Gasteiger partial charge is 0.489 e. The fourth-order valence-corrected chi connectivity index (χ4v) is 2.02. The van der Waals surface area contributed by atoms with Gasteiger partial charge in [0.1, 0.15) is 11.9 Å². The molecule has 0 aromatic heterocycles. The second-order valence-corrected chi connectivity index (χ2v) is 5.17. The second kappa shape index (κ2) is 4.16. The minimum Gasteiger partial charge on any atom is -0.489 e. The standard InChI is InChI=1S/C13H15F3O2/c1-12(2)10(17)7-11(12)18-9-6-4-3-5-8(9)13(14,15)16/h3-6,10-11,17H,7H2,1-2H3. The van der Waals surface area contributed by atoms with Crippen molar-refractivity contribution < 1.29 is 23.0 Å². The summed E-state index contributed by atoms with van der Waals surface area (Å²) in [6.45, 7) is 3.56. The number of aliphatic hydroxyl groups is 1. The van der Waals surface area contributed by atoms with Gasteiger partial charge in [-0.3, -0.25) is 0 Å². The van der Waals surface area contributed by atoms with Crippen LogP contribution in [0.3, 0.4) is 0 Å². The minimum absolute atomic E-state index is 0.171. The van der Waals surface area contributed by atoms with Crippen LogP contribution in [0, 0.1) is 5.41 Å². The highest BCUT2D eigenvalue weighted by Crippen LogP contribution is 2.45. The molecule has 2 unspecified atom stereocenters. The summed E-state index contributed by atoms with van der Waals surface area (Å²) in [5.41, 5.74) is -1.29. The molecular formula is C13H15F3O2.